The second kappa shape index (κ2) is 6.10. The first-order valence-electron chi connectivity index (χ1n) is 5.70. The number of carbonyl (C=O) groups is 1. The predicted molar refractivity (Wildman–Crippen MR) is 78.5 cm³/mol. The maximum atomic E-state index is 11.0. The smallest absolute Gasteiger partial charge is 0.411 e. The van der Waals surface area contributed by atoms with Gasteiger partial charge in [-0.25, -0.2) is 4.79 Å². The molecule has 0 bridgehead atoms. The van der Waals surface area contributed by atoms with E-state index in [1.165, 1.54) is 7.11 Å². The van der Waals surface area contributed by atoms with Crippen LogP contribution in [0.3, 0.4) is 0 Å². The fraction of sp³-hybridized carbons (Fsp3) is 0.154. The molecule has 0 unspecified atom stereocenters. The molecule has 4 N–H and O–H groups in total. The van der Waals surface area contributed by atoms with Crippen LogP contribution in [0.1, 0.15) is 4.88 Å². The van der Waals surface area contributed by atoms with Crippen molar-refractivity contribution in [2.24, 2.45) is 0 Å². The lowest BCUT2D eigenvalue weighted by molar-refractivity contribution is 0.187. The Morgan fingerprint density at radius 2 is 1.95 bits per heavy atom. The first-order chi connectivity index (χ1) is 9.19. The van der Waals surface area contributed by atoms with E-state index in [9.17, 15) is 4.79 Å². The average Bonchev–Trinajstić information content (AvgIpc) is 2.83. The van der Waals surface area contributed by atoms with Crippen LogP contribution in [0.25, 0.3) is 0 Å². The molecule has 5 nitrogen and oxygen atoms in total. The molecule has 6 heteroatoms. The Balaban J connectivity index is 1.92. The molecule has 1 amide bonds. The predicted octanol–water partition coefficient (Wildman–Crippen LogP) is 3.12. The van der Waals surface area contributed by atoms with E-state index in [0.29, 0.717) is 12.2 Å². The van der Waals surface area contributed by atoms with E-state index >= 15 is 0 Å². The third kappa shape index (κ3) is 3.62. The number of methoxy groups -OCH3 is 1. The molecule has 0 spiro atoms. The van der Waals surface area contributed by atoms with Crippen LogP contribution < -0.4 is 16.4 Å². The number of ether oxygens (including phenoxy) is 1. The van der Waals surface area contributed by atoms with Crippen LogP contribution in [-0.4, -0.2) is 13.2 Å². The van der Waals surface area contributed by atoms with Gasteiger partial charge >= 0.3 is 6.09 Å². The summed E-state index contributed by atoms with van der Waals surface area (Å²) in [5.74, 6) is 0. The third-order valence-electron chi connectivity index (χ3n) is 2.55. The molecule has 1 aromatic heterocycles. The molecular weight excluding hydrogens is 262 g/mol. The third-order valence-corrected chi connectivity index (χ3v) is 3.49. The molecule has 0 aliphatic heterocycles. The first-order valence-corrected chi connectivity index (χ1v) is 6.58. The number of carbonyl (C=O) groups excluding carboxylic acids is 1. The number of anilines is 3. The first kappa shape index (κ1) is 13.2. The van der Waals surface area contributed by atoms with Crippen LogP contribution in [0.4, 0.5) is 21.9 Å². The minimum atomic E-state index is -0.480. The quantitative estimate of drug-likeness (QED) is 0.802. The fourth-order valence-electron chi connectivity index (χ4n) is 1.52. The van der Waals surface area contributed by atoms with Crippen LogP contribution in [0, 0.1) is 0 Å². The summed E-state index contributed by atoms with van der Waals surface area (Å²) >= 11 is 1.62. The van der Waals surface area contributed by atoms with Gasteiger partial charge in [-0.1, -0.05) is 0 Å². The minimum absolute atomic E-state index is 0.480. The lowest BCUT2D eigenvalue weighted by atomic mass is 10.2. The summed E-state index contributed by atoms with van der Waals surface area (Å²) in [5.41, 5.74) is 8.26. The number of hydrogen-bond donors (Lipinski definition) is 3. The second-order valence-corrected chi connectivity index (χ2v) is 4.85. The molecule has 2 rings (SSSR count). The van der Waals surface area contributed by atoms with Crippen molar-refractivity contribution >= 4 is 34.5 Å². The van der Waals surface area contributed by atoms with Gasteiger partial charge in [-0.15, -0.1) is 11.3 Å². The van der Waals surface area contributed by atoms with Gasteiger partial charge in [0.2, 0.25) is 0 Å². The van der Waals surface area contributed by atoms with Gasteiger partial charge in [0, 0.05) is 21.9 Å². The molecule has 1 heterocycles. The maximum Gasteiger partial charge on any atom is 0.411 e. The molecule has 0 atom stereocenters. The summed E-state index contributed by atoms with van der Waals surface area (Å²) in [6.07, 6.45) is -0.480. The van der Waals surface area contributed by atoms with Crippen molar-refractivity contribution in [3.63, 3.8) is 0 Å². The summed E-state index contributed by atoms with van der Waals surface area (Å²) in [7, 11) is 1.33. The Kier molecular flexibility index (Phi) is 4.25. The lowest BCUT2D eigenvalue weighted by Crippen LogP contribution is -2.10. The number of amides is 1. The lowest BCUT2D eigenvalue weighted by Gasteiger charge is -2.07. The number of hydrogen-bond acceptors (Lipinski definition) is 5. The molecule has 0 radical (unpaired) electrons. The Labute approximate surface area is 115 Å². The van der Waals surface area contributed by atoms with E-state index < -0.39 is 6.09 Å². The number of thiophene rings is 1. The van der Waals surface area contributed by atoms with E-state index in [4.69, 9.17) is 5.73 Å². The number of benzene rings is 1. The topological polar surface area (TPSA) is 76.4 Å². The van der Waals surface area contributed by atoms with Crippen LogP contribution in [0.15, 0.2) is 35.7 Å². The number of nitrogens with two attached hydrogens (primary N) is 1. The maximum absolute atomic E-state index is 11.0. The van der Waals surface area contributed by atoms with Crippen molar-refractivity contribution in [2.45, 2.75) is 6.54 Å². The van der Waals surface area contributed by atoms with Crippen molar-refractivity contribution in [3.05, 3.63) is 40.6 Å². The van der Waals surface area contributed by atoms with Gasteiger partial charge < -0.3 is 15.8 Å². The highest BCUT2D eigenvalue weighted by Gasteiger charge is 2.02. The fourth-order valence-corrected chi connectivity index (χ4v) is 2.26. The highest BCUT2D eigenvalue weighted by atomic mass is 32.1. The normalized spacial score (nSPS) is 9.95. The molecule has 1 aromatic carbocycles. The molecule has 0 aliphatic carbocycles. The monoisotopic (exact) mass is 277 g/mol. The Bertz CT molecular complexity index is 551. The highest BCUT2D eigenvalue weighted by molar-refractivity contribution is 7.10. The van der Waals surface area contributed by atoms with E-state index in [1.54, 1.807) is 23.5 Å². The largest absolute Gasteiger partial charge is 0.453 e. The van der Waals surface area contributed by atoms with Crippen molar-refractivity contribution in [3.8, 4) is 0 Å². The van der Waals surface area contributed by atoms with Gasteiger partial charge in [-0.05, 0) is 35.7 Å². The van der Waals surface area contributed by atoms with Crippen molar-refractivity contribution in [2.75, 3.05) is 23.5 Å². The van der Waals surface area contributed by atoms with E-state index in [0.717, 1.165) is 16.3 Å². The summed E-state index contributed by atoms with van der Waals surface area (Å²) in [6.45, 7) is 0.688. The van der Waals surface area contributed by atoms with Gasteiger partial charge in [0.05, 0.1) is 13.7 Å². The van der Waals surface area contributed by atoms with Crippen molar-refractivity contribution < 1.29 is 9.53 Å². The van der Waals surface area contributed by atoms with Crippen LogP contribution in [0.5, 0.6) is 0 Å². The van der Waals surface area contributed by atoms with Gasteiger partial charge in [0.25, 0.3) is 0 Å². The summed E-state index contributed by atoms with van der Waals surface area (Å²) in [4.78, 5) is 12.1. The van der Waals surface area contributed by atoms with Gasteiger partial charge in [-0.2, -0.15) is 0 Å². The molecular formula is C13H15N3O2S. The second-order valence-electron chi connectivity index (χ2n) is 3.85. The Morgan fingerprint density at radius 1 is 1.26 bits per heavy atom. The van der Waals surface area contributed by atoms with E-state index in [1.807, 2.05) is 23.6 Å². The number of nitrogen functional groups attached to an aromatic ring is 1. The average molecular weight is 277 g/mol. The van der Waals surface area contributed by atoms with Crippen LogP contribution in [0.2, 0.25) is 0 Å². The molecule has 2 aromatic rings. The SMILES string of the molecule is COC(=O)Nc1ccc(NCc2sccc2N)cc1. The minimum Gasteiger partial charge on any atom is -0.453 e. The summed E-state index contributed by atoms with van der Waals surface area (Å²) < 4.78 is 4.52. The molecule has 0 saturated carbocycles. The Hall–Kier alpha value is -2.21. The standard InChI is InChI=1S/C13H15N3O2S/c1-18-13(17)16-10-4-2-9(3-5-10)15-8-12-11(14)6-7-19-12/h2-7,15H,8,14H2,1H3,(H,16,17). The van der Waals surface area contributed by atoms with Crippen LogP contribution >= 0.6 is 11.3 Å². The van der Waals surface area contributed by atoms with Crippen LogP contribution in [-0.2, 0) is 11.3 Å². The van der Waals surface area contributed by atoms with Gasteiger partial charge in [0.1, 0.15) is 0 Å². The van der Waals surface area contributed by atoms with Crippen molar-refractivity contribution in [1.29, 1.82) is 0 Å². The number of rotatable bonds is 4. The van der Waals surface area contributed by atoms with E-state index in [2.05, 4.69) is 15.4 Å². The van der Waals surface area contributed by atoms with E-state index in [-0.39, 0.29) is 0 Å². The highest BCUT2D eigenvalue weighted by Crippen LogP contribution is 2.21. The zero-order valence-corrected chi connectivity index (χ0v) is 11.3. The summed E-state index contributed by atoms with van der Waals surface area (Å²) in [6, 6.07) is 9.27. The molecule has 0 saturated heterocycles. The molecule has 0 fully saturated rings. The molecule has 0 aliphatic rings. The number of nitrogens with one attached hydrogen (secondary N) is 2. The Morgan fingerprint density at radius 3 is 2.53 bits per heavy atom. The van der Waals surface area contributed by atoms with Crippen molar-refractivity contribution in [1.82, 2.24) is 0 Å². The molecule has 19 heavy (non-hydrogen) atoms. The van der Waals surface area contributed by atoms with Gasteiger partial charge in [0.15, 0.2) is 0 Å². The van der Waals surface area contributed by atoms with Gasteiger partial charge in [-0.3, -0.25) is 5.32 Å². The summed E-state index contributed by atoms with van der Waals surface area (Å²) in [5, 5.41) is 7.83. The zero-order valence-electron chi connectivity index (χ0n) is 10.5. The molecule has 100 valence electrons. The zero-order chi connectivity index (χ0) is 13.7.